The van der Waals surface area contributed by atoms with Gasteiger partial charge in [0.1, 0.15) is 5.75 Å². The van der Waals surface area contributed by atoms with Crippen LogP contribution in [-0.4, -0.2) is 30.6 Å². The van der Waals surface area contributed by atoms with Crippen molar-refractivity contribution >= 4 is 11.9 Å². The van der Waals surface area contributed by atoms with Crippen LogP contribution in [0.2, 0.25) is 0 Å². The third-order valence-electron chi connectivity index (χ3n) is 4.40. The Morgan fingerprint density at radius 1 is 1.08 bits per heavy atom. The van der Waals surface area contributed by atoms with E-state index in [1.54, 1.807) is 7.11 Å². The van der Waals surface area contributed by atoms with Gasteiger partial charge in [-0.15, -0.1) is 0 Å². The van der Waals surface area contributed by atoms with Gasteiger partial charge >= 0.3 is 5.97 Å². The third-order valence-corrected chi connectivity index (χ3v) is 4.40. The average Bonchev–Trinajstić information content (AvgIpc) is 2.65. The van der Waals surface area contributed by atoms with Crippen LogP contribution in [0.25, 0.3) is 0 Å². The quantitative estimate of drug-likeness (QED) is 0.724. The van der Waals surface area contributed by atoms with E-state index in [9.17, 15) is 14.7 Å². The van der Waals surface area contributed by atoms with Crippen LogP contribution in [0.1, 0.15) is 30.4 Å². The molecule has 2 rings (SSSR count). The number of carbonyl (C=O) groups is 2. The van der Waals surface area contributed by atoms with Gasteiger partial charge in [-0.3, -0.25) is 9.59 Å². The summed E-state index contributed by atoms with van der Waals surface area (Å²) in [5.74, 6) is -0.878. The molecule has 138 valence electrons. The van der Waals surface area contributed by atoms with E-state index in [4.69, 9.17) is 4.74 Å². The topological polar surface area (TPSA) is 75.6 Å². The van der Waals surface area contributed by atoms with Gasteiger partial charge in [0.2, 0.25) is 5.91 Å². The van der Waals surface area contributed by atoms with Crippen molar-refractivity contribution in [3.8, 4) is 5.75 Å². The molecule has 0 radical (unpaired) electrons. The maximum absolute atomic E-state index is 12.2. The van der Waals surface area contributed by atoms with E-state index in [2.05, 4.69) is 5.32 Å². The van der Waals surface area contributed by atoms with Gasteiger partial charge in [-0.1, -0.05) is 49.4 Å². The molecule has 0 bridgehead atoms. The highest BCUT2D eigenvalue weighted by atomic mass is 16.5. The van der Waals surface area contributed by atoms with Crippen LogP contribution < -0.4 is 10.1 Å². The number of hydrogen-bond acceptors (Lipinski definition) is 3. The smallest absolute Gasteiger partial charge is 0.308 e. The summed E-state index contributed by atoms with van der Waals surface area (Å²) in [6.45, 7) is 2.10. The van der Waals surface area contributed by atoms with Crippen LogP contribution in [0.5, 0.6) is 5.75 Å². The zero-order valence-corrected chi connectivity index (χ0v) is 15.1. The van der Waals surface area contributed by atoms with Gasteiger partial charge < -0.3 is 15.2 Å². The van der Waals surface area contributed by atoms with Gasteiger partial charge in [0.25, 0.3) is 0 Å². The number of benzene rings is 2. The van der Waals surface area contributed by atoms with Gasteiger partial charge in [0.15, 0.2) is 0 Å². The van der Waals surface area contributed by atoms with Crippen molar-refractivity contribution in [3.63, 3.8) is 0 Å². The normalized spacial score (nSPS) is 12.8. The molecule has 0 aliphatic rings. The summed E-state index contributed by atoms with van der Waals surface area (Å²) in [6, 6.07) is 17.0. The number of ether oxygens (including phenoxy) is 1. The van der Waals surface area contributed by atoms with Crippen LogP contribution in [0, 0.1) is 5.92 Å². The zero-order valence-electron chi connectivity index (χ0n) is 15.1. The van der Waals surface area contributed by atoms with E-state index in [1.807, 2.05) is 61.5 Å². The number of carbonyl (C=O) groups excluding carboxylic acids is 1. The summed E-state index contributed by atoms with van der Waals surface area (Å²) < 4.78 is 5.13. The largest absolute Gasteiger partial charge is 0.497 e. The third kappa shape index (κ3) is 5.92. The number of amides is 1. The van der Waals surface area contributed by atoms with E-state index in [0.29, 0.717) is 12.8 Å². The van der Waals surface area contributed by atoms with E-state index in [-0.39, 0.29) is 18.4 Å². The molecule has 2 atom stereocenters. The standard InChI is InChI=1S/C21H25NO4/c1-15(17-8-10-19(26-2)11-9-17)12-20(23)22-14-18(21(24)25)13-16-6-4-3-5-7-16/h3-11,15,18H,12-14H2,1-2H3,(H,22,23)(H,24,25). The summed E-state index contributed by atoms with van der Waals surface area (Å²) >= 11 is 0. The van der Waals surface area contributed by atoms with Crippen molar-refractivity contribution in [1.29, 1.82) is 0 Å². The summed E-state index contributed by atoms with van der Waals surface area (Å²) in [5, 5.41) is 12.2. The lowest BCUT2D eigenvalue weighted by molar-refractivity contribution is -0.141. The van der Waals surface area contributed by atoms with Gasteiger partial charge in [-0.05, 0) is 35.6 Å². The first kappa shape index (κ1) is 19.5. The molecule has 2 aromatic carbocycles. The minimum atomic E-state index is -0.905. The summed E-state index contributed by atoms with van der Waals surface area (Å²) in [6.07, 6.45) is 0.703. The van der Waals surface area contributed by atoms with E-state index in [0.717, 1.165) is 16.9 Å². The second-order valence-corrected chi connectivity index (χ2v) is 6.41. The predicted molar refractivity (Wildman–Crippen MR) is 100 cm³/mol. The Hall–Kier alpha value is -2.82. The lowest BCUT2D eigenvalue weighted by Gasteiger charge is -2.16. The van der Waals surface area contributed by atoms with Crippen molar-refractivity contribution in [2.75, 3.05) is 13.7 Å². The van der Waals surface area contributed by atoms with Crippen LogP contribution in [0.4, 0.5) is 0 Å². The summed E-state index contributed by atoms with van der Waals surface area (Å²) in [5.41, 5.74) is 1.99. The Bertz CT molecular complexity index is 713. The molecule has 0 aliphatic heterocycles. The SMILES string of the molecule is COc1ccc(C(C)CC(=O)NCC(Cc2ccccc2)C(=O)O)cc1. The lowest BCUT2D eigenvalue weighted by atomic mass is 9.96. The van der Waals surface area contributed by atoms with Gasteiger partial charge in [0, 0.05) is 13.0 Å². The van der Waals surface area contributed by atoms with Crippen molar-refractivity contribution in [3.05, 3.63) is 65.7 Å². The maximum Gasteiger partial charge on any atom is 0.308 e. The first-order valence-corrected chi connectivity index (χ1v) is 8.67. The summed E-state index contributed by atoms with van der Waals surface area (Å²) in [4.78, 5) is 23.7. The molecule has 0 spiro atoms. The fraction of sp³-hybridized carbons (Fsp3) is 0.333. The fourth-order valence-corrected chi connectivity index (χ4v) is 2.78. The van der Waals surface area contributed by atoms with Crippen molar-refractivity contribution < 1.29 is 19.4 Å². The Kier molecular flexibility index (Phi) is 7.21. The highest BCUT2D eigenvalue weighted by molar-refractivity contribution is 5.78. The number of aliphatic carboxylic acids is 1. The Morgan fingerprint density at radius 2 is 1.73 bits per heavy atom. The van der Waals surface area contributed by atoms with Crippen LogP contribution in [0.15, 0.2) is 54.6 Å². The second kappa shape index (κ2) is 9.61. The predicted octanol–water partition coefficient (Wildman–Crippen LogP) is 3.25. The van der Waals surface area contributed by atoms with Gasteiger partial charge in [0.05, 0.1) is 13.0 Å². The number of hydrogen-bond donors (Lipinski definition) is 2. The molecule has 0 aromatic heterocycles. The van der Waals surface area contributed by atoms with E-state index >= 15 is 0 Å². The van der Waals surface area contributed by atoms with Crippen LogP contribution >= 0.6 is 0 Å². The Labute approximate surface area is 154 Å². The summed E-state index contributed by atoms with van der Waals surface area (Å²) in [7, 11) is 1.61. The maximum atomic E-state index is 12.2. The molecule has 0 fully saturated rings. The molecule has 0 saturated heterocycles. The number of methoxy groups -OCH3 is 1. The number of carboxylic acid groups (broad SMARTS) is 1. The van der Waals surface area contributed by atoms with Crippen molar-refractivity contribution in [1.82, 2.24) is 5.32 Å². The van der Waals surface area contributed by atoms with Gasteiger partial charge in [-0.2, -0.15) is 0 Å². The first-order valence-electron chi connectivity index (χ1n) is 8.67. The molecule has 2 unspecified atom stereocenters. The molecule has 5 nitrogen and oxygen atoms in total. The van der Waals surface area contributed by atoms with Crippen molar-refractivity contribution in [2.45, 2.75) is 25.7 Å². The molecule has 0 saturated carbocycles. The molecular formula is C21H25NO4. The molecule has 1 amide bonds. The molecular weight excluding hydrogens is 330 g/mol. The second-order valence-electron chi connectivity index (χ2n) is 6.41. The monoisotopic (exact) mass is 355 g/mol. The zero-order chi connectivity index (χ0) is 18.9. The molecule has 26 heavy (non-hydrogen) atoms. The molecule has 2 N–H and O–H groups in total. The highest BCUT2D eigenvalue weighted by Gasteiger charge is 2.20. The molecule has 2 aromatic rings. The van der Waals surface area contributed by atoms with Gasteiger partial charge in [-0.25, -0.2) is 0 Å². The molecule has 0 aliphatic carbocycles. The minimum absolute atomic E-state index is 0.0401. The first-order chi connectivity index (χ1) is 12.5. The number of nitrogens with one attached hydrogen (secondary N) is 1. The van der Waals surface area contributed by atoms with Crippen molar-refractivity contribution in [2.24, 2.45) is 5.92 Å². The van der Waals surface area contributed by atoms with E-state index in [1.165, 1.54) is 0 Å². The van der Waals surface area contributed by atoms with E-state index < -0.39 is 11.9 Å². The molecule has 0 heterocycles. The Balaban J connectivity index is 1.86. The fourth-order valence-electron chi connectivity index (χ4n) is 2.78. The van der Waals surface area contributed by atoms with Crippen LogP contribution in [-0.2, 0) is 16.0 Å². The minimum Gasteiger partial charge on any atom is -0.497 e. The number of carboxylic acids is 1. The number of rotatable bonds is 9. The average molecular weight is 355 g/mol. The Morgan fingerprint density at radius 3 is 2.31 bits per heavy atom. The lowest BCUT2D eigenvalue weighted by Crippen LogP contribution is -2.34. The van der Waals surface area contributed by atoms with Crippen LogP contribution in [0.3, 0.4) is 0 Å². The molecule has 5 heteroatoms. The highest BCUT2D eigenvalue weighted by Crippen LogP contribution is 2.21.